The van der Waals surface area contributed by atoms with Crippen molar-refractivity contribution in [2.45, 2.75) is 0 Å². The van der Waals surface area contributed by atoms with Crippen LogP contribution in [0, 0.1) is 0 Å². The molecule has 1 rings (SSSR count). The molecule has 0 aliphatic rings. The largest absolute Gasteiger partial charge is 2.00 e. The van der Waals surface area contributed by atoms with Gasteiger partial charge in [0.1, 0.15) is 5.69 Å². The van der Waals surface area contributed by atoms with Crippen molar-refractivity contribution < 1.29 is 63.6 Å². The molecule has 0 aliphatic carbocycles. The summed E-state index contributed by atoms with van der Waals surface area (Å²) < 4.78 is 0. The standard InChI is InChI=1S/C7H5NO5.Co.4H2O/c9-3-1-4(6(10)11)8-5(2-3)7(12)13;;;;;/h1-2H,(H,8,9)(H,10,11)(H,12,13);;4*1H2/q;+2;;;;/p+1. The van der Waals surface area contributed by atoms with Crippen LogP contribution in [0.15, 0.2) is 12.1 Å². The molecule has 107 valence electrons. The molecule has 18 heavy (non-hydrogen) atoms. The molecule has 0 unspecified atom stereocenters. The molecular weight excluding hydrogens is 301 g/mol. The Morgan fingerprint density at radius 2 is 1.50 bits per heavy atom. The fraction of sp³-hybridized carbons (Fsp3) is 0. The maximum atomic E-state index is 10.7. The summed E-state index contributed by atoms with van der Waals surface area (Å²) in [5.41, 5.74) is -1.28. The molecule has 0 aromatic carbocycles. The van der Waals surface area contributed by atoms with Gasteiger partial charge in [-0.1, -0.05) is 0 Å². The molecule has 0 spiro atoms. The third-order valence-corrected chi connectivity index (χ3v) is 1.23. The quantitative estimate of drug-likeness (QED) is 0.521. The van der Waals surface area contributed by atoms with E-state index in [4.69, 9.17) is 5.11 Å². The molecule has 12 N–H and O–H groups in total. The van der Waals surface area contributed by atoms with Crippen molar-refractivity contribution in [3.8, 4) is 5.75 Å². The minimum Gasteiger partial charge on any atom is -0.872 e. The summed E-state index contributed by atoms with van der Waals surface area (Å²) in [5.74, 6) is -3.87. The van der Waals surface area contributed by atoms with Crippen LogP contribution in [0.2, 0.25) is 0 Å². The van der Waals surface area contributed by atoms with Crippen molar-refractivity contribution in [3.63, 3.8) is 0 Å². The molecule has 0 atom stereocenters. The van der Waals surface area contributed by atoms with Gasteiger partial charge in [-0.3, -0.25) is 0 Å². The number of aromatic carboxylic acids is 2. The molecule has 0 amide bonds. The summed E-state index contributed by atoms with van der Waals surface area (Å²) >= 11 is 0. The van der Waals surface area contributed by atoms with E-state index < -0.39 is 29.1 Å². The van der Waals surface area contributed by atoms with Gasteiger partial charge < -0.3 is 42.0 Å². The number of carboxylic acid groups (broad SMARTS) is 2. The summed E-state index contributed by atoms with van der Waals surface area (Å²) in [5, 5.41) is 29.3. The van der Waals surface area contributed by atoms with Gasteiger partial charge in [0.25, 0.3) is 0 Å². The van der Waals surface area contributed by atoms with Crippen molar-refractivity contribution in [1.29, 1.82) is 0 Å². The van der Waals surface area contributed by atoms with Gasteiger partial charge >= 0.3 is 22.7 Å². The van der Waals surface area contributed by atoms with E-state index in [0.29, 0.717) is 6.07 Å². The zero-order chi connectivity index (χ0) is 10.0. The van der Waals surface area contributed by atoms with Crippen LogP contribution >= 0.6 is 0 Å². The van der Waals surface area contributed by atoms with E-state index in [-0.39, 0.29) is 38.7 Å². The number of nitrogens with zero attached hydrogens (tertiary/aromatic N) is 1. The number of carbonyl (C=O) groups excluding carboxylic acids is 1. The van der Waals surface area contributed by atoms with Crippen LogP contribution < -0.4 is 10.2 Å². The Hall–Kier alpha value is -1.76. The second kappa shape index (κ2) is 11.7. The molecule has 1 radical (unpaired) electrons. The molecule has 1 aromatic rings. The van der Waals surface area contributed by atoms with E-state index in [9.17, 15) is 19.8 Å². The van der Waals surface area contributed by atoms with Crippen molar-refractivity contribution in [2.24, 2.45) is 0 Å². The minimum atomic E-state index is -1.68. The molecule has 1 aromatic heterocycles. The van der Waals surface area contributed by atoms with Gasteiger partial charge in [0.15, 0.2) is 0 Å². The second-order valence-corrected chi connectivity index (χ2v) is 2.17. The van der Waals surface area contributed by atoms with E-state index in [2.05, 4.69) is 4.98 Å². The van der Waals surface area contributed by atoms with Crippen LogP contribution in [0.4, 0.5) is 0 Å². The molecule has 0 aliphatic heterocycles. The summed E-state index contributed by atoms with van der Waals surface area (Å²) in [6.07, 6.45) is 0. The van der Waals surface area contributed by atoms with Gasteiger partial charge in [-0.15, -0.1) is 5.75 Å². The molecule has 0 saturated carbocycles. The monoisotopic (exact) mass is 315 g/mol. The van der Waals surface area contributed by atoms with Crippen LogP contribution in [0.1, 0.15) is 21.0 Å². The van der Waals surface area contributed by atoms with Gasteiger partial charge in [-0.25, -0.2) is 9.78 Å². The van der Waals surface area contributed by atoms with Gasteiger partial charge in [0, 0.05) is 0 Å². The van der Waals surface area contributed by atoms with E-state index >= 15 is 0 Å². The second-order valence-electron chi connectivity index (χ2n) is 2.17. The molecule has 11 heteroatoms. The summed E-state index contributed by atoms with van der Waals surface area (Å²) in [4.78, 5) is 23.7. The van der Waals surface area contributed by atoms with Crippen LogP contribution in [-0.4, -0.2) is 27.5 Å². The average Bonchev–Trinajstić information content (AvgIpc) is 2.03. The fourth-order valence-electron chi connectivity index (χ4n) is 0.720. The van der Waals surface area contributed by atoms with E-state index in [1.165, 1.54) is 0 Å². The minimum absolute atomic E-state index is 0. The summed E-state index contributed by atoms with van der Waals surface area (Å²) in [6, 6.07) is 1.43. The fourth-order valence-corrected chi connectivity index (χ4v) is 0.720. The predicted octanol–water partition coefficient (Wildman–Crippen LogP) is -5.38. The Morgan fingerprint density at radius 1 is 1.11 bits per heavy atom. The van der Waals surface area contributed by atoms with Crippen LogP contribution in [0.3, 0.4) is 0 Å². The van der Waals surface area contributed by atoms with Gasteiger partial charge in [-0.05, 0) is 12.1 Å². The maximum Gasteiger partial charge on any atom is 2.00 e. The molecule has 10 nitrogen and oxygen atoms in total. The number of carboxylic acids is 2. The summed E-state index contributed by atoms with van der Waals surface area (Å²) in [6.45, 7) is 0. The first-order valence-corrected chi connectivity index (χ1v) is 3.14. The zero-order valence-corrected chi connectivity index (χ0v) is 9.79. The van der Waals surface area contributed by atoms with Crippen molar-refractivity contribution >= 4 is 11.9 Å². The number of hydrogen-bond donors (Lipinski definition) is 1. The molecule has 0 saturated heterocycles. The zero-order valence-electron chi connectivity index (χ0n) is 8.75. The van der Waals surface area contributed by atoms with E-state index in [1.807, 2.05) is 0 Å². The third kappa shape index (κ3) is 7.50. The predicted molar refractivity (Wildman–Crippen MR) is 53.2 cm³/mol. The number of rotatable bonds is 2. The first-order chi connectivity index (χ1) is 6.00. The maximum absolute atomic E-state index is 10.7. The Labute approximate surface area is 110 Å². The normalized spacial score (nSPS) is 6.89. The number of pyridine rings is 1. The van der Waals surface area contributed by atoms with Crippen LogP contribution in [0.5, 0.6) is 5.75 Å². The van der Waals surface area contributed by atoms with Crippen molar-refractivity contribution in [3.05, 3.63) is 23.5 Å². The average molecular weight is 315 g/mol. The Kier molecular flexibility index (Phi) is 19.4. The first kappa shape index (κ1) is 29.9. The third-order valence-electron chi connectivity index (χ3n) is 1.23. The van der Waals surface area contributed by atoms with Gasteiger partial charge in [-0.2, -0.15) is 0 Å². The van der Waals surface area contributed by atoms with Gasteiger partial charge in [0.2, 0.25) is 0 Å². The Bertz CT molecular complexity index is 351. The van der Waals surface area contributed by atoms with Crippen LogP contribution in [-0.2, 0) is 33.2 Å². The topological polar surface area (TPSA) is 244 Å². The number of carbonyl (C=O) groups is 2. The number of aromatic nitrogens is 1. The van der Waals surface area contributed by atoms with Crippen LogP contribution in [0.25, 0.3) is 0 Å². The first-order valence-electron chi connectivity index (χ1n) is 3.14. The molecule has 1 heterocycles. The molecular formula is C7H14CoNO9+3. The van der Waals surface area contributed by atoms with Crippen molar-refractivity contribution in [2.75, 3.05) is 0 Å². The SMILES string of the molecule is O.O=C([O-])c1cc([O-])cc(C(=O)O)n1.[Co+2].[OH3+].[OH3+].[OH3+]. The van der Waals surface area contributed by atoms with E-state index in [1.54, 1.807) is 0 Å². The molecule has 0 bridgehead atoms. The Balaban J connectivity index is -0.000000113. The molecule has 0 fully saturated rings. The Morgan fingerprint density at radius 3 is 1.83 bits per heavy atom. The smallest absolute Gasteiger partial charge is 0.872 e. The summed E-state index contributed by atoms with van der Waals surface area (Å²) in [7, 11) is 0. The van der Waals surface area contributed by atoms with Crippen molar-refractivity contribution in [1.82, 2.24) is 4.98 Å². The number of hydrogen-bond acceptors (Lipinski definition) is 5. The van der Waals surface area contributed by atoms with E-state index in [0.717, 1.165) is 6.07 Å². The van der Waals surface area contributed by atoms with Gasteiger partial charge in [0.05, 0.1) is 11.7 Å².